The van der Waals surface area contributed by atoms with Gasteiger partial charge >= 0.3 is 6.18 Å². The van der Waals surface area contributed by atoms with Gasteiger partial charge in [0.2, 0.25) is 5.91 Å². The molecule has 0 aliphatic heterocycles. The number of aromatic nitrogens is 3. The van der Waals surface area contributed by atoms with Gasteiger partial charge in [0.15, 0.2) is 11.0 Å². The highest BCUT2D eigenvalue weighted by Gasteiger charge is 2.31. The van der Waals surface area contributed by atoms with Gasteiger partial charge in [-0.1, -0.05) is 47.1 Å². The van der Waals surface area contributed by atoms with Crippen molar-refractivity contribution in [3.63, 3.8) is 0 Å². The molecule has 0 saturated carbocycles. The summed E-state index contributed by atoms with van der Waals surface area (Å²) >= 11 is 13.6. The predicted molar refractivity (Wildman–Crippen MR) is 143 cm³/mol. The average molecular weight is 581 g/mol. The molecular formula is C26H21Cl2F3N4O2S. The van der Waals surface area contributed by atoms with Gasteiger partial charge in [-0.05, 0) is 68.4 Å². The quantitative estimate of drug-likeness (QED) is 0.215. The van der Waals surface area contributed by atoms with Crippen LogP contribution in [0.25, 0.3) is 17.1 Å². The van der Waals surface area contributed by atoms with Crippen LogP contribution in [0.4, 0.5) is 18.9 Å². The molecule has 0 aliphatic carbocycles. The molecule has 6 nitrogen and oxygen atoms in total. The Kier molecular flexibility index (Phi) is 8.54. The summed E-state index contributed by atoms with van der Waals surface area (Å²) in [6.45, 7) is 4.01. The van der Waals surface area contributed by atoms with E-state index in [0.29, 0.717) is 39.6 Å². The number of hydrogen-bond donors (Lipinski definition) is 1. The number of halogens is 5. The van der Waals surface area contributed by atoms with Gasteiger partial charge in [0.05, 0.1) is 33.2 Å². The van der Waals surface area contributed by atoms with E-state index in [0.717, 1.165) is 30.0 Å². The van der Waals surface area contributed by atoms with Crippen molar-refractivity contribution in [1.29, 1.82) is 0 Å². The van der Waals surface area contributed by atoms with Crippen molar-refractivity contribution >= 4 is 46.6 Å². The second-order valence-electron chi connectivity index (χ2n) is 7.99. The molecule has 1 aromatic heterocycles. The lowest BCUT2D eigenvalue weighted by Gasteiger charge is -2.16. The van der Waals surface area contributed by atoms with E-state index in [-0.39, 0.29) is 10.7 Å². The van der Waals surface area contributed by atoms with Crippen molar-refractivity contribution in [3.8, 4) is 22.8 Å². The first-order valence-electron chi connectivity index (χ1n) is 11.4. The molecule has 1 amide bonds. The highest BCUT2D eigenvalue weighted by Crippen LogP contribution is 2.36. The highest BCUT2D eigenvalue weighted by molar-refractivity contribution is 8.00. The summed E-state index contributed by atoms with van der Waals surface area (Å²) < 4.78 is 46.7. The van der Waals surface area contributed by atoms with Crippen molar-refractivity contribution in [3.05, 3.63) is 82.3 Å². The van der Waals surface area contributed by atoms with Crippen LogP contribution in [-0.4, -0.2) is 32.5 Å². The number of rotatable bonds is 8. The molecule has 1 N–H and O–H groups in total. The molecule has 0 spiro atoms. The van der Waals surface area contributed by atoms with Gasteiger partial charge in [-0.15, -0.1) is 10.2 Å². The first-order valence-corrected chi connectivity index (χ1v) is 13.0. The zero-order valence-corrected chi connectivity index (χ0v) is 22.4. The van der Waals surface area contributed by atoms with Crippen molar-refractivity contribution in [1.82, 2.24) is 14.8 Å². The van der Waals surface area contributed by atoms with Crippen LogP contribution in [-0.2, 0) is 11.0 Å². The fourth-order valence-corrected chi connectivity index (χ4v) is 4.75. The summed E-state index contributed by atoms with van der Waals surface area (Å²) in [7, 11) is 0. The van der Waals surface area contributed by atoms with E-state index in [2.05, 4.69) is 15.5 Å². The number of anilines is 1. The van der Waals surface area contributed by atoms with Gasteiger partial charge in [-0.3, -0.25) is 9.36 Å². The van der Waals surface area contributed by atoms with Gasteiger partial charge in [0.25, 0.3) is 0 Å². The molecule has 198 valence electrons. The van der Waals surface area contributed by atoms with E-state index in [1.807, 2.05) is 25.1 Å². The fourth-order valence-electron chi connectivity index (χ4n) is 3.50. The van der Waals surface area contributed by atoms with Gasteiger partial charge in [0, 0.05) is 11.3 Å². The number of carbonyl (C=O) groups is 1. The van der Waals surface area contributed by atoms with E-state index in [4.69, 9.17) is 27.9 Å². The number of carbonyl (C=O) groups excluding carboxylic acids is 1. The van der Waals surface area contributed by atoms with Crippen LogP contribution >= 0.6 is 35.0 Å². The molecule has 38 heavy (non-hydrogen) atoms. The lowest BCUT2D eigenvalue weighted by molar-refractivity contribution is -0.137. The molecule has 0 saturated heterocycles. The van der Waals surface area contributed by atoms with Crippen molar-refractivity contribution < 1.29 is 22.7 Å². The summed E-state index contributed by atoms with van der Waals surface area (Å²) in [6.07, 6.45) is -4.58. The second kappa shape index (κ2) is 11.7. The minimum absolute atomic E-state index is 0.0119. The van der Waals surface area contributed by atoms with Crippen LogP contribution in [0.5, 0.6) is 5.75 Å². The van der Waals surface area contributed by atoms with E-state index in [9.17, 15) is 18.0 Å². The monoisotopic (exact) mass is 580 g/mol. The summed E-state index contributed by atoms with van der Waals surface area (Å²) in [6, 6.07) is 17.2. The van der Waals surface area contributed by atoms with Crippen LogP contribution < -0.4 is 10.1 Å². The first kappa shape index (κ1) is 27.8. The average Bonchev–Trinajstić information content (AvgIpc) is 3.28. The van der Waals surface area contributed by atoms with Gasteiger partial charge < -0.3 is 10.1 Å². The Bertz CT molecular complexity index is 1450. The Morgan fingerprint density at radius 1 is 1.05 bits per heavy atom. The van der Waals surface area contributed by atoms with Crippen LogP contribution in [0.2, 0.25) is 10.0 Å². The second-order valence-corrected chi connectivity index (χ2v) is 10.1. The maximum atomic E-state index is 13.1. The molecule has 1 atom stereocenters. The number of nitrogens with zero attached hydrogens (tertiary/aromatic N) is 3. The summed E-state index contributed by atoms with van der Waals surface area (Å²) in [4.78, 5) is 13.0. The zero-order chi connectivity index (χ0) is 27.4. The van der Waals surface area contributed by atoms with E-state index in [1.54, 1.807) is 41.8 Å². The molecule has 12 heteroatoms. The largest absolute Gasteiger partial charge is 0.494 e. The van der Waals surface area contributed by atoms with E-state index in [1.165, 1.54) is 0 Å². The first-order chi connectivity index (χ1) is 18.1. The summed E-state index contributed by atoms with van der Waals surface area (Å²) in [5.74, 6) is 0.580. The third-order valence-corrected chi connectivity index (χ3v) is 7.06. The third kappa shape index (κ3) is 6.25. The van der Waals surface area contributed by atoms with Gasteiger partial charge in [0.1, 0.15) is 5.75 Å². The van der Waals surface area contributed by atoms with Crippen molar-refractivity contribution in [2.24, 2.45) is 0 Å². The van der Waals surface area contributed by atoms with E-state index < -0.39 is 22.9 Å². The number of alkyl halides is 3. The topological polar surface area (TPSA) is 69.0 Å². The number of ether oxygens (including phenoxy) is 1. The van der Waals surface area contributed by atoms with Crippen LogP contribution in [0.1, 0.15) is 19.4 Å². The van der Waals surface area contributed by atoms with Crippen molar-refractivity contribution in [2.75, 3.05) is 11.9 Å². The molecule has 0 bridgehead atoms. The normalized spacial score (nSPS) is 12.3. The standard InChI is InChI=1S/C26H21Cl2F3N4O2S/c1-3-37-18-11-9-17(10-12-18)35-23(19-6-4-5-7-20(19)27)33-34-25(35)38-15(2)24(36)32-22-14-16(26(29,30)31)8-13-21(22)28/h4-15H,3H2,1-2H3,(H,32,36). The number of hydrogen-bond acceptors (Lipinski definition) is 5. The zero-order valence-electron chi connectivity index (χ0n) is 20.1. The number of nitrogens with one attached hydrogen (secondary N) is 1. The highest BCUT2D eigenvalue weighted by atomic mass is 35.5. The minimum atomic E-state index is -4.58. The number of amides is 1. The molecule has 1 unspecified atom stereocenters. The summed E-state index contributed by atoms with van der Waals surface area (Å²) in [5, 5.41) is 11.2. The van der Waals surface area contributed by atoms with E-state index >= 15 is 0 Å². The number of benzene rings is 3. The third-order valence-electron chi connectivity index (χ3n) is 5.36. The lowest BCUT2D eigenvalue weighted by atomic mass is 10.2. The Morgan fingerprint density at radius 2 is 1.76 bits per heavy atom. The minimum Gasteiger partial charge on any atom is -0.494 e. The van der Waals surface area contributed by atoms with Crippen LogP contribution in [0.3, 0.4) is 0 Å². The van der Waals surface area contributed by atoms with Gasteiger partial charge in [-0.25, -0.2) is 0 Å². The Hall–Kier alpha value is -3.21. The Balaban J connectivity index is 1.65. The van der Waals surface area contributed by atoms with Gasteiger partial charge in [-0.2, -0.15) is 13.2 Å². The van der Waals surface area contributed by atoms with Crippen LogP contribution in [0, 0.1) is 0 Å². The molecule has 3 aromatic carbocycles. The molecular weight excluding hydrogens is 560 g/mol. The summed E-state index contributed by atoms with van der Waals surface area (Å²) in [5.41, 5.74) is 0.278. The maximum absolute atomic E-state index is 13.1. The molecule has 0 radical (unpaired) electrons. The van der Waals surface area contributed by atoms with Crippen LogP contribution in [0.15, 0.2) is 71.9 Å². The molecule has 0 fully saturated rings. The maximum Gasteiger partial charge on any atom is 0.416 e. The smallest absolute Gasteiger partial charge is 0.416 e. The Labute approximate surface area is 231 Å². The number of thioether (sulfide) groups is 1. The fraction of sp³-hybridized carbons (Fsp3) is 0.192. The lowest BCUT2D eigenvalue weighted by Crippen LogP contribution is -2.23. The molecule has 4 aromatic rings. The SMILES string of the molecule is CCOc1ccc(-n2c(SC(C)C(=O)Nc3cc(C(F)(F)F)ccc3Cl)nnc2-c2ccccc2Cl)cc1. The molecule has 0 aliphatic rings. The Morgan fingerprint density at radius 3 is 2.42 bits per heavy atom. The van der Waals surface area contributed by atoms with Crippen molar-refractivity contribution in [2.45, 2.75) is 30.4 Å². The molecule has 4 rings (SSSR count). The molecule has 1 heterocycles. The predicted octanol–water partition coefficient (Wildman–Crippen LogP) is 7.78.